The van der Waals surface area contributed by atoms with Crippen LogP contribution in [0, 0.1) is 18.3 Å². The lowest BCUT2D eigenvalue weighted by Crippen LogP contribution is -2.27. The van der Waals surface area contributed by atoms with Crippen molar-refractivity contribution in [3.05, 3.63) is 58.2 Å². The first-order valence-corrected chi connectivity index (χ1v) is 8.55. The van der Waals surface area contributed by atoms with Gasteiger partial charge in [0.05, 0.1) is 22.2 Å². The minimum atomic E-state index is -1.80. The third-order valence-electron chi connectivity index (χ3n) is 4.56. The van der Waals surface area contributed by atoms with Gasteiger partial charge in [0.2, 0.25) is 0 Å². The highest BCUT2D eigenvalue weighted by atomic mass is 19.3. The Hall–Kier alpha value is -3.31. The minimum Gasteiger partial charge on any atom is -0.490 e. The molecular formula is C20H18F2N4O2. The van der Waals surface area contributed by atoms with Crippen molar-refractivity contribution < 1.29 is 13.5 Å². The lowest BCUT2D eigenvalue weighted by Gasteiger charge is -2.15. The number of nitrogens with two attached hydrogens (primary N) is 1. The molecule has 0 radical (unpaired) electrons. The SMILES string of the molecule is Cc1nccc2c1c(=O)n(C)c1cc(OCC(N)CC=C(F)F)c(C#N)cc21. The van der Waals surface area contributed by atoms with E-state index in [-0.39, 0.29) is 29.9 Å². The Morgan fingerprint density at radius 1 is 1.43 bits per heavy atom. The van der Waals surface area contributed by atoms with Crippen LogP contribution in [0.4, 0.5) is 8.78 Å². The van der Waals surface area contributed by atoms with Gasteiger partial charge in [-0.2, -0.15) is 14.0 Å². The molecule has 1 atom stereocenters. The van der Waals surface area contributed by atoms with Crippen molar-refractivity contribution in [2.45, 2.75) is 19.4 Å². The predicted octanol–water partition coefficient (Wildman–Crippen LogP) is 3.14. The molecule has 8 heteroatoms. The van der Waals surface area contributed by atoms with Crippen molar-refractivity contribution in [3.63, 3.8) is 0 Å². The van der Waals surface area contributed by atoms with E-state index in [0.717, 1.165) is 11.5 Å². The van der Waals surface area contributed by atoms with E-state index in [2.05, 4.69) is 11.1 Å². The van der Waals surface area contributed by atoms with Crippen molar-refractivity contribution >= 4 is 21.7 Å². The zero-order chi connectivity index (χ0) is 20.4. The zero-order valence-electron chi connectivity index (χ0n) is 15.4. The Labute approximate surface area is 159 Å². The predicted molar refractivity (Wildman–Crippen MR) is 102 cm³/mol. The Morgan fingerprint density at radius 3 is 2.86 bits per heavy atom. The lowest BCUT2D eigenvalue weighted by molar-refractivity contribution is 0.287. The number of halogens is 2. The molecule has 6 nitrogen and oxygen atoms in total. The maximum Gasteiger partial charge on any atom is 0.266 e. The molecule has 2 heterocycles. The van der Waals surface area contributed by atoms with Crippen molar-refractivity contribution in [3.8, 4) is 11.8 Å². The standard InChI is InChI=1S/C20H18F2N4O2/c1-11-19-14(5-6-25-11)15-7-12(9-23)17(8-16(15)26(2)20(19)27)28-10-13(24)3-4-18(21)22/h4-8,13H,3,10,24H2,1-2H3. The topological polar surface area (TPSA) is 93.9 Å². The van der Waals surface area contributed by atoms with Gasteiger partial charge in [0, 0.05) is 30.7 Å². The lowest BCUT2D eigenvalue weighted by atomic mass is 10.0. The number of hydrogen-bond donors (Lipinski definition) is 1. The summed E-state index contributed by atoms with van der Waals surface area (Å²) in [6, 6.07) is 6.41. The fourth-order valence-corrected chi connectivity index (χ4v) is 3.11. The molecule has 0 amide bonds. The summed E-state index contributed by atoms with van der Waals surface area (Å²) in [6.45, 7) is 1.71. The Kier molecular flexibility index (Phi) is 5.38. The smallest absolute Gasteiger partial charge is 0.266 e. The first kappa shape index (κ1) is 19.5. The average molecular weight is 384 g/mol. The summed E-state index contributed by atoms with van der Waals surface area (Å²) in [5, 5.41) is 11.4. The highest BCUT2D eigenvalue weighted by molar-refractivity contribution is 6.07. The Morgan fingerprint density at radius 2 is 2.18 bits per heavy atom. The van der Waals surface area contributed by atoms with Gasteiger partial charge in [-0.05, 0) is 36.9 Å². The summed E-state index contributed by atoms with van der Waals surface area (Å²) in [5.74, 6) is 0.246. The summed E-state index contributed by atoms with van der Waals surface area (Å²) in [4.78, 5) is 16.9. The van der Waals surface area contributed by atoms with E-state index in [0.29, 0.717) is 22.0 Å². The van der Waals surface area contributed by atoms with Crippen LogP contribution < -0.4 is 16.0 Å². The number of fused-ring (bicyclic) bond motifs is 3. The molecule has 0 spiro atoms. The number of nitriles is 1. The molecule has 1 unspecified atom stereocenters. The van der Waals surface area contributed by atoms with Crippen LogP contribution in [-0.4, -0.2) is 22.2 Å². The number of nitrogens with zero attached hydrogens (tertiary/aromatic N) is 3. The molecule has 0 bridgehead atoms. The third kappa shape index (κ3) is 3.57. The van der Waals surface area contributed by atoms with Gasteiger partial charge >= 0.3 is 0 Å². The Balaban J connectivity index is 2.10. The van der Waals surface area contributed by atoms with Crippen LogP contribution in [-0.2, 0) is 7.05 Å². The van der Waals surface area contributed by atoms with E-state index in [1.807, 2.05) is 0 Å². The van der Waals surface area contributed by atoms with E-state index in [4.69, 9.17) is 10.5 Å². The quantitative estimate of drug-likeness (QED) is 0.682. The first-order valence-electron chi connectivity index (χ1n) is 8.55. The van der Waals surface area contributed by atoms with Gasteiger partial charge < -0.3 is 15.0 Å². The number of aryl methyl sites for hydroxylation is 2. The van der Waals surface area contributed by atoms with Crippen LogP contribution >= 0.6 is 0 Å². The summed E-state index contributed by atoms with van der Waals surface area (Å²) in [6.07, 6.45) is 0.494. The number of rotatable bonds is 5. The van der Waals surface area contributed by atoms with E-state index in [1.165, 1.54) is 4.57 Å². The maximum absolute atomic E-state index is 12.8. The Bertz CT molecular complexity index is 1190. The van der Waals surface area contributed by atoms with Gasteiger partial charge in [0.25, 0.3) is 11.6 Å². The zero-order valence-corrected chi connectivity index (χ0v) is 15.4. The number of benzene rings is 1. The second-order valence-electron chi connectivity index (χ2n) is 6.46. The second kappa shape index (κ2) is 7.74. The normalized spacial score (nSPS) is 12.0. The molecule has 0 fully saturated rings. The number of pyridine rings is 2. The molecule has 1 aromatic carbocycles. The molecule has 2 N–H and O–H groups in total. The van der Waals surface area contributed by atoms with Crippen LogP contribution in [0.5, 0.6) is 5.75 Å². The number of aromatic nitrogens is 2. The van der Waals surface area contributed by atoms with Crippen molar-refractivity contribution in [1.82, 2.24) is 9.55 Å². The summed E-state index contributed by atoms with van der Waals surface area (Å²) in [5.41, 5.74) is 7.02. The van der Waals surface area contributed by atoms with Gasteiger partial charge in [-0.1, -0.05) is 0 Å². The molecule has 0 aliphatic rings. The van der Waals surface area contributed by atoms with E-state index >= 15 is 0 Å². The minimum absolute atomic E-state index is 0.0471. The largest absolute Gasteiger partial charge is 0.490 e. The molecule has 2 aromatic heterocycles. The van der Waals surface area contributed by atoms with Crippen molar-refractivity contribution in [2.75, 3.05) is 6.61 Å². The highest BCUT2D eigenvalue weighted by Crippen LogP contribution is 2.30. The first-order chi connectivity index (χ1) is 13.3. The molecule has 3 rings (SSSR count). The van der Waals surface area contributed by atoms with Crippen molar-refractivity contribution in [1.29, 1.82) is 5.26 Å². The van der Waals surface area contributed by atoms with Crippen LogP contribution in [0.3, 0.4) is 0 Å². The van der Waals surface area contributed by atoms with Crippen LogP contribution in [0.1, 0.15) is 17.7 Å². The van der Waals surface area contributed by atoms with E-state index < -0.39 is 12.1 Å². The summed E-state index contributed by atoms with van der Waals surface area (Å²) >= 11 is 0. The number of hydrogen-bond acceptors (Lipinski definition) is 5. The molecule has 0 saturated heterocycles. The monoisotopic (exact) mass is 384 g/mol. The summed E-state index contributed by atoms with van der Waals surface area (Å²) in [7, 11) is 1.63. The van der Waals surface area contributed by atoms with Gasteiger partial charge in [-0.3, -0.25) is 9.78 Å². The average Bonchev–Trinajstić information content (AvgIpc) is 2.68. The van der Waals surface area contributed by atoms with Gasteiger partial charge in [0.1, 0.15) is 18.4 Å². The summed E-state index contributed by atoms with van der Waals surface area (Å²) < 4.78 is 31.4. The number of ether oxygens (including phenoxy) is 1. The fourth-order valence-electron chi connectivity index (χ4n) is 3.11. The van der Waals surface area contributed by atoms with Crippen LogP contribution in [0.2, 0.25) is 0 Å². The molecule has 0 saturated carbocycles. The molecular weight excluding hydrogens is 366 g/mol. The maximum atomic E-state index is 12.8. The van der Waals surface area contributed by atoms with Gasteiger partial charge in [-0.25, -0.2) is 0 Å². The van der Waals surface area contributed by atoms with E-state index in [9.17, 15) is 18.8 Å². The van der Waals surface area contributed by atoms with Gasteiger partial charge in [0.15, 0.2) is 0 Å². The second-order valence-corrected chi connectivity index (χ2v) is 6.46. The molecule has 3 aromatic rings. The van der Waals surface area contributed by atoms with Gasteiger partial charge in [-0.15, -0.1) is 0 Å². The molecule has 0 aliphatic heterocycles. The highest BCUT2D eigenvalue weighted by Gasteiger charge is 2.15. The van der Waals surface area contributed by atoms with Crippen LogP contribution in [0.15, 0.2) is 41.3 Å². The molecule has 144 valence electrons. The molecule has 0 aliphatic carbocycles. The van der Waals surface area contributed by atoms with Crippen LogP contribution in [0.25, 0.3) is 21.7 Å². The fraction of sp³-hybridized carbons (Fsp3) is 0.250. The van der Waals surface area contributed by atoms with E-state index in [1.54, 1.807) is 38.4 Å². The van der Waals surface area contributed by atoms with Crippen molar-refractivity contribution in [2.24, 2.45) is 12.8 Å². The molecule has 28 heavy (non-hydrogen) atoms. The third-order valence-corrected chi connectivity index (χ3v) is 4.56.